The molecule has 1 heterocycles. The van der Waals surface area contributed by atoms with Crippen LogP contribution >= 0.6 is 11.6 Å². The predicted octanol–water partition coefficient (Wildman–Crippen LogP) is 3.00. The van der Waals surface area contributed by atoms with Crippen LogP contribution in [0.2, 0.25) is 5.02 Å². The molecule has 1 aliphatic heterocycles. The summed E-state index contributed by atoms with van der Waals surface area (Å²) in [7, 11) is 0. The fourth-order valence-electron chi connectivity index (χ4n) is 2.57. The van der Waals surface area contributed by atoms with Crippen LogP contribution in [0.5, 0.6) is 0 Å². The fraction of sp³-hybridized carbons (Fsp3) is 0.462. The standard InChI is InChI=1S/C13H14ClFO3/c14-9-2-1-3-10(15)12(9)13(8-11(16)17)4-6-18-7-5-13/h1-3H,4-8H2,(H,16,17). The average molecular weight is 273 g/mol. The van der Waals surface area contributed by atoms with E-state index < -0.39 is 17.2 Å². The summed E-state index contributed by atoms with van der Waals surface area (Å²) in [6, 6.07) is 4.44. The highest BCUT2D eigenvalue weighted by Crippen LogP contribution is 2.42. The summed E-state index contributed by atoms with van der Waals surface area (Å²) < 4.78 is 19.3. The van der Waals surface area contributed by atoms with Crippen LogP contribution in [-0.2, 0) is 14.9 Å². The number of ether oxygens (including phenoxy) is 1. The van der Waals surface area contributed by atoms with E-state index in [0.717, 1.165) is 0 Å². The number of carboxylic acid groups (broad SMARTS) is 1. The maximum Gasteiger partial charge on any atom is 0.304 e. The highest BCUT2D eigenvalue weighted by atomic mass is 35.5. The Morgan fingerprint density at radius 1 is 1.44 bits per heavy atom. The number of hydrogen-bond donors (Lipinski definition) is 1. The molecule has 0 spiro atoms. The van der Waals surface area contributed by atoms with Gasteiger partial charge >= 0.3 is 5.97 Å². The Bertz CT molecular complexity index is 435. The van der Waals surface area contributed by atoms with Crippen LogP contribution in [0.3, 0.4) is 0 Å². The Morgan fingerprint density at radius 2 is 2.11 bits per heavy atom. The van der Waals surface area contributed by atoms with Gasteiger partial charge in [0.2, 0.25) is 0 Å². The van der Waals surface area contributed by atoms with Gasteiger partial charge in [0.05, 0.1) is 6.42 Å². The summed E-state index contributed by atoms with van der Waals surface area (Å²) in [6.07, 6.45) is 0.816. The molecule has 3 nitrogen and oxygen atoms in total. The lowest BCUT2D eigenvalue weighted by Gasteiger charge is -2.37. The van der Waals surface area contributed by atoms with Crippen molar-refractivity contribution >= 4 is 17.6 Å². The number of halogens is 2. The molecule has 1 aliphatic rings. The highest BCUT2D eigenvalue weighted by Gasteiger charge is 2.40. The number of hydrogen-bond acceptors (Lipinski definition) is 2. The van der Waals surface area contributed by atoms with Gasteiger partial charge in [0.1, 0.15) is 5.82 Å². The van der Waals surface area contributed by atoms with Crippen LogP contribution in [0.25, 0.3) is 0 Å². The zero-order valence-electron chi connectivity index (χ0n) is 9.79. The van der Waals surface area contributed by atoms with E-state index in [4.69, 9.17) is 21.4 Å². The number of carbonyl (C=O) groups is 1. The van der Waals surface area contributed by atoms with Crippen LogP contribution in [0.15, 0.2) is 18.2 Å². The van der Waals surface area contributed by atoms with Crippen molar-refractivity contribution in [1.82, 2.24) is 0 Å². The molecule has 0 radical (unpaired) electrons. The molecular weight excluding hydrogens is 259 g/mol. The summed E-state index contributed by atoms with van der Waals surface area (Å²) in [6.45, 7) is 0.857. The van der Waals surface area contributed by atoms with Crippen molar-refractivity contribution < 1.29 is 19.0 Å². The lowest BCUT2D eigenvalue weighted by atomic mass is 9.71. The second-order valence-electron chi connectivity index (χ2n) is 4.56. The minimum absolute atomic E-state index is 0.128. The van der Waals surface area contributed by atoms with Gasteiger partial charge in [0.15, 0.2) is 0 Å². The molecule has 1 aromatic carbocycles. The first-order valence-corrected chi connectivity index (χ1v) is 6.17. The molecule has 0 atom stereocenters. The van der Waals surface area contributed by atoms with E-state index in [-0.39, 0.29) is 11.4 Å². The molecule has 0 aliphatic carbocycles. The molecule has 1 fully saturated rings. The first-order chi connectivity index (χ1) is 8.55. The Hall–Kier alpha value is -1.13. The van der Waals surface area contributed by atoms with Gasteiger partial charge in [0, 0.05) is 29.2 Å². The second-order valence-corrected chi connectivity index (χ2v) is 4.97. The Labute approximate surface area is 110 Å². The molecule has 1 N–H and O–H groups in total. The first-order valence-electron chi connectivity index (χ1n) is 5.79. The molecule has 0 unspecified atom stereocenters. The minimum Gasteiger partial charge on any atom is -0.481 e. The van der Waals surface area contributed by atoms with Crippen molar-refractivity contribution in [2.75, 3.05) is 13.2 Å². The van der Waals surface area contributed by atoms with E-state index in [1.807, 2.05) is 0 Å². The Balaban J connectivity index is 2.48. The van der Waals surface area contributed by atoms with Crippen LogP contribution in [0.4, 0.5) is 4.39 Å². The largest absolute Gasteiger partial charge is 0.481 e. The van der Waals surface area contributed by atoms with Gasteiger partial charge in [-0.15, -0.1) is 0 Å². The first kappa shape index (κ1) is 13.3. The Morgan fingerprint density at radius 3 is 2.67 bits per heavy atom. The van der Waals surface area contributed by atoms with Gasteiger partial charge in [-0.1, -0.05) is 17.7 Å². The van der Waals surface area contributed by atoms with Crippen molar-refractivity contribution in [2.24, 2.45) is 0 Å². The van der Waals surface area contributed by atoms with E-state index in [1.165, 1.54) is 12.1 Å². The molecule has 1 aromatic rings. The maximum atomic E-state index is 14.0. The molecule has 0 saturated carbocycles. The number of rotatable bonds is 3. The van der Waals surface area contributed by atoms with Crippen molar-refractivity contribution in [2.45, 2.75) is 24.7 Å². The molecular formula is C13H14ClFO3. The summed E-state index contributed by atoms with van der Waals surface area (Å²) in [4.78, 5) is 11.1. The highest BCUT2D eigenvalue weighted by molar-refractivity contribution is 6.31. The lowest BCUT2D eigenvalue weighted by Crippen LogP contribution is -2.37. The molecule has 1 saturated heterocycles. The molecule has 2 rings (SSSR count). The van der Waals surface area contributed by atoms with Crippen molar-refractivity contribution in [1.29, 1.82) is 0 Å². The monoisotopic (exact) mass is 272 g/mol. The van der Waals surface area contributed by atoms with Crippen LogP contribution in [0, 0.1) is 5.82 Å². The van der Waals surface area contributed by atoms with Crippen LogP contribution < -0.4 is 0 Å². The molecule has 18 heavy (non-hydrogen) atoms. The molecule has 98 valence electrons. The Kier molecular flexibility index (Phi) is 3.88. The molecule has 0 bridgehead atoms. The summed E-state index contributed by atoms with van der Waals surface area (Å²) >= 11 is 6.06. The van der Waals surface area contributed by atoms with E-state index >= 15 is 0 Å². The zero-order valence-corrected chi connectivity index (χ0v) is 10.5. The topological polar surface area (TPSA) is 46.5 Å². The zero-order chi connectivity index (χ0) is 13.2. The fourth-order valence-corrected chi connectivity index (χ4v) is 2.93. The number of benzene rings is 1. The lowest BCUT2D eigenvalue weighted by molar-refractivity contribution is -0.139. The van der Waals surface area contributed by atoms with Crippen LogP contribution in [-0.4, -0.2) is 24.3 Å². The normalized spacial score (nSPS) is 18.6. The van der Waals surface area contributed by atoms with Gasteiger partial charge in [-0.2, -0.15) is 0 Å². The molecule has 0 amide bonds. The summed E-state index contributed by atoms with van der Waals surface area (Å²) in [5.41, 5.74) is -0.440. The SMILES string of the molecule is O=C(O)CC1(c2c(F)cccc2Cl)CCOCC1. The van der Waals surface area contributed by atoms with E-state index in [9.17, 15) is 9.18 Å². The van der Waals surface area contributed by atoms with E-state index in [0.29, 0.717) is 31.6 Å². The number of carboxylic acids is 1. The number of aliphatic carboxylic acids is 1. The smallest absolute Gasteiger partial charge is 0.304 e. The second kappa shape index (κ2) is 5.24. The van der Waals surface area contributed by atoms with Crippen LogP contribution in [0.1, 0.15) is 24.8 Å². The predicted molar refractivity (Wildman–Crippen MR) is 65.4 cm³/mol. The third kappa shape index (κ3) is 2.49. The summed E-state index contributed by atoms with van der Waals surface area (Å²) in [5.74, 6) is -1.39. The van der Waals surface area contributed by atoms with Gasteiger partial charge < -0.3 is 9.84 Å². The van der Waals surface area contributed by atoms with E-state index in [1.54, 1.807) is 6.07 Å². The van der Waals surface area contributed by atoms with Gasteiger partial charge in [0.25, 0.3) is 0 Å². The minimum atomic E-state index is -0.948. The third-order valence-corrected chi connectivity index (χ3v) is 3.75. The van der Waals surface area contributed by atoms with E-state index in [2.05, 4.69) is 0 Å². The van der Waals surface area contributed by atoms with Gasteiger partial charge in [-0.25, -0.2) is 4.39 Å². The van der Waals surface area contributed by atoms with Crippen molar-refractivity contribution in [3.05, 3.63) is 34.6 Å². The van der Waals surface area contributed by atoms with Gasteiger partial charge in [-0.05, 0) is 25.0 Å². The van der Waals surface area contributed by atoms with Crippen molar-refractivity contribution in [3.8, 4) is 0 Å². The van der Waals surface area contributed by atoms with Crippen molar-refractivity contribution in [3.63, 3.8) is 0 Å². The maximum absolute atomic E-state index is 14.0. The molecule has 0 aromatic heterocycles. The third-order valence-electron chi connectivity index (χ3n) is 3.43. The quantitative estimate of drug-likeness (QED) is 0.920. The summed E-state index contributed by atoms with van der Waals surface area (Å²) in [5, 5.41) is 9.36. The molecule has 5 heteroatoms. The van der Waals surface area contributed by atoms with Gasteiger partial charge in [-0.3, -0.25) is 4.79 Å². The average Bonchev–Trinajstić information content (AvgIpc) is 2.28.